The summed E-state index contributed by atoms with van der Waals surface area (Å²) in [6.07, 6.45) is 0. The molecule has 6 rings (SSSR count). The number of carbonyl (C=O) groups is 3. The number of amides is 3. The van der Waals surface area contributed by atoms with E-state index in [1.54, 1.807) is 30.3 Å². The van der Waals surface area contributed by atoms with E-state index in [1.807, 2.05) is 57.2 Å². The fourth-order valence-corrected chi connectivity index (χ4v) is 7.92. The van der Waals surface area contributed by atoms with E-state index in [0.717, 1.165) is 22.5 Å². The molecule has 43 heavy (non-hydrogen) atoms. The minimum Gasteiger partial charge on any atom is -0.490 e. The van der Waals surface area contributed by atoms with Gasteiger partial charge in [0.05, 0.1) is 23.2 Å². The molecule has 220 valence electrons. The van der Waals surface area contributed by atoms with Crippen LogP contribution < -0.4 is 24.6 Å². The second-order valence-corrected chi connectivity index (χ2v) is 12.6. The van der Waals surface area contributed by atoms with Crippen molar-refractivity contribution in [2.45, 2.75) is 37.0 Å². The van der Waals surface area contributed by atoms with Crippen molar-refractivity contribution in [3.63, 3.8) is 0 Å². The minimum atomic E-state index is -0.723. The molecule has 3 amide bonds. The molecule has 0 saturated carbocycles. The molecule has 2 N–H and O–H groups in total. The number of benzene rings is 3. The average molecular weight is 616 g/mol. The smallest absolute Gasteiger partial charge is 0.305 e. The summed E-state index contributed by atoms with van der Waals surface area (Å²) in [4.78, 5) is 57.2. The second-order valence-electron chi connectivity index (χ2n) is 10.4. The first kappa shape index (κ1) is 28.8. The number of imide groups is 1. The quantitative estimate of drug-likeness (QED) is 0.260. The number of H-pyrrole nitrogens is 1. The monoisotopic (exact) mass is 615 g/mol. The van der Waals surface area contributed by atoms with Gasteiger partial charge in [-0.3, -0.25) is 19.2 Å². The van der Waals surface area contributed by atoms with Crippen molar-refractivity contribution >= 4 is 52.2 Å². The van der Waals surface area contributed by atoms with Crippen molar-refractivity contribution in [2.75, 3.05) is 23.4 Å². The number of thioether (sulfide) groups is 1. The normalized spacial score (nSPS) is 19.1. The van der Waals surface area contributed by atoms with Crippen molar-refractivity contribution in [1.29, 1.82) is 0 Å². The van der Waals surface area contributed by atoms with Crippen LogP contribution in [-0.4, -0.2) is 41.2 Å². The van der Waals surface area contributed by atoms with Crippen molar-refractivity contribution in [1.82, 2.24) is 4.98 Å². The summed E-state index contributed by atoms with van der Waals surface area (Å²) in [6.45, 7) is 5.85. The number of anilines is 2. The highest BCUT2D eigenvalue weighted by atomic mass is 32.2. The van der Waals surface area contributed by atoms with Crippen molar-refractivity contribution in [3.8, 4) is 11.5 Å². The van der Waals surface area contributed by atoms with Gasteiger partial charge in [0.15, 0.2) is 18.1 Å². The molecule has 0 aliphatic carbocycles. The summed E-state index contributed by atoms with van der Waals surface area (Å²) in [5.74, 6) is -1.46. The van der Waals surface area contributed by atoms with Gasteiger partial charge in [0.1, 0.15) is 5.25 Å². The summed E-state index contributed by atoms with van der Waals surface area (Å²) in [5.41, 5.74) is 4.00. The van der Waals surface area contributed by atoms with Crippen molar-refractivity contribution in [2.24, 2.45) is 5.92 Å². The Labute approximate surface area is 256 Å². The zero-order chi connectivity index (χ0) is 30.2. The van der Waals surface area contributed by atoms with Gasteiger partial charge in [-0.05, 0) is 62.7 Å². The zero-order valence-electron chi connectivity index (χ0n) is 23.7. The molecule has 11 heteroatoms. The number of aryl methyl sites for hydroxylation is 2. The molecule has 3 aromatic carbocycles. The van der Waals surface area contributed by atoms with Gasteiger partial charge < -0.3 is 19.8 Å². The van der Waals surface area contributed by atoms with E-state index in [4.69, 9.17) is 9.47 Å². The predicted octanol–water partition coefficient (Wildman–Crippen LogP) is 5.27. The minimum absolute atomic E-state index is 0.236. The van der Waals surface area contributed by atoms with Crippen LogP contribution in [0.25, 0.3) is 0 Å². The maximum atomic E-state index is 14.0. The predicted molar refractivity (Wildman–Crippen MR) is 167 cm³/mol. The van der Waals surface area contributed by atoms with Gasteiger partial charge in [0, 0.05) is 16.5 Å². The molecule has 1 aromatic heterocycles. The van der Waals surface area contributed by atoms with Crippen LogP contribution in [0.4, 0.5) is 11.4 Å². The van der Waals surface area contributed by atoms with Gasteiger partial charge in [0.25, 0.3) is 5.91 Å². The maximum Gasteiger partial charge on any atom is 0.305 e. The van der Waals surface area contributed by atoms with E-state index in [0.29, 0.717) is 44.9 Å². The molecule has 1 saturated heterocycles. The molecule has 3 atom stereocenters. The number of aromatic amines is 1. The lowest BCUT2D eigenvalue weighted by atomic mass is 9.83. The molecule has 2 unspecified atom stereocenters. The lowest BCUT2D eigenvalue weighted by Crippen LogP contribution is -2.32. The Kier molecular flexibility index (Phi) is 7.85. The molecule has 0 radical (unpaired) electrons. The topological polar surface area (TPSA) is 118 Å². The number of fused-ring (bicyclic) bond motifs is 2. The number of carbonyl (C=O) groups excluding carboxylic acids is 3. The third-order valence-electron chi connectivity index (χ3n) is 7.44. The molecule has 2 aliphatic heterocycles. The van der Waals surface area contributed by atoms with Crippen LogP contribution in [0.2, 0.25) is 0 Å². The standard InChI is InChI=1S/C32H29N3O6S2/c1-4-40-23-15-19(9-14-22(23)41-16-24(36)33-20-10-5-17(2)6-11-20)25-26-28(42-29-27(25)43-32(39)34-29)31(38)35(30(26)37)21-12-7-18(3)8-13-21/h5-15,25-26,28H,4,16H2,1-3H3,(H,33,36)(H,34,39)/t25-,26?,28?/m1/s1. The zero-order valence-corrected chi connectivity index (χ0v) is 25.3. The Morgan fingerprint density at radius 1 is 0.907 bits per heavy atom. The third kappa shape index (κ3) is 5.57. The molecule has 2 aliphatic rings. The third-order valence-corrected chi connectivity index (χ3v) is 9.84. The fourth-order valence-electron chi connectivity index (χ4n) is 5.41. The Morgan fingerprint density at radius 3 is 2.30 bits per heavy atom. The van der Waals surface area contributed by atoms with Crippen LogP contribution >= 0.6 is 23.1 Å². The van der Waals surface area contributed by atoms with Gasteiger partial charge in [0.2, 0.25) is 11.8 Å². The van der Waals surface area contributed by atoms with E-state index < -0.39 is 17.1 Å². The first-order valence-electron chi connectivity index (χ1n) is 13.8. The highest BCUT2D eigenvalue weighted by Gasteiger charge is 2.56. The largest absolute Gasteiger partial charge is 0.490 e. The van der Waals surface area contributed by atoms with E-state index in [1.165, 1.54) is 16.7 Å². The molecule has 1 fully saturated rings. The maximum absolute atomic E-state index is 14.0. The molecule has 0 bridgehead atoms. The van der Waals surface area contributed by atoms with E-state index >= 15 is 0 Å². The molecular formula is C32H29N3O6S2. The Morgan fingerprint density at radius 2 is 1.60 bits per heavy atom. The van der Waals surface area contributed by atoms with Gasteiger partial charge in [-0.15, -0.1) is 0 Å². The molecular weight excluding hydrogens is 587 g/mol. The highest BCUT2D eigenvalue weighted by molar-refractivity contribution is 8.00. The number of hydrogen-bond acceptors (Lipinski definition) is 8. The SMILES string of the molecule is CCOc1cc([C@H]2c3sc(=O)[nH]c3SC3C(=O)N(c4ccc(C)cc4)C(=O)C32)ccc1OCC(=O)Nc1ccc(C)cc1. The first-order valence-corrected chi connectivity index (χ1v) is 15.5. The molecule has 0 spiro atoms. The number of hydrogen-bond donors (Lipinski definition) is 2. The summed E-state index contributed by atoms with van der Waals surface area (Å²) < 4.78 is 11.7. The highest BCUT2D eigenvalue weighted by Crippen LogP contribution is 2.53. The van der Waals surface area contributed by atoms with Crippen LogP contribution in [0, 0.1) is 19.8 Å². The van der Waals surface area contributed by atoms with E-state index in [-0.39, 0.29) is 29.2 Å². The van der Waals surface area contributed by atoms with Gasteiger partial charge in [-0.25, -0.2) is 4.90 Å². The van der Waals surface area contributed by atoms with Gasteiger partial charge in [-0.2, -0.15) is 0 Å². The number of thiazole rings is 1. The Balaban J connectivity index is 1.31. The number of rotatable bonds is 8. The number of nitrogens with zero attached hydrogens (tertiary/aromatic N) is 1. The van der Waals surface area contributed by atoms with Crippen LogP contribution in [0.1, 0.15) is 34.4 Å². The Hall–Kier alpha value is -4.35. The average Bonchev–Trinajstić information content (AvgIpc) is 3.48. The summed E-state index contributed by atoms with van der Waals surface area (Å²) in [5, 5.41) is 2.71. The second kappa shape index (κ2) is 11.7. The molecule has 9 nitrogen and oxygen atoms in total. The lowest BCUT2D eigenvalue weighted by molar-refractivity contribution is -0.122. The summed E-state index contributed by atoms with van der Waals surface area (Å²) in [6, 6.07) is 20.0. The van der Waals surface area contributed by atoms with Crippen LogP contribution in [0.3, 0.4) is 0 Å². The number of ether oxygens (including phenoxy) is 2. The van der Waals surface area contributed by atoms with Crippen LogP contribution in [-0.2, 0) is 14.4 Å². The van der Waals surface area contributed by atoms with Crippen molar-refractivity contribution in [3.05, 3.63) is 98.0 Å². The van der Waals surface area contributed by atoms with E-state index in [9.17, 15) is 19.2 Å². The molecule has 3 heterocycles. The van der Waals surface area contributed by atoms with Gasteiger partial charge in [-0.1, -0.05) is 64.6 Å². The summed E-state index contributed by atoms with van der Waals surface area (Å²) >= 11 is 2.28. The van der Waals surface area contributed by atoms with Crippen LogP contribution in [0.15, 0.2) is 76.6 Å². The lowest BCUT2D eigenvalue weighted by Gasteiger charge is -2.30. The fraction of sp³-hybridized carbons (Fsp3) is 0.250. The van der Waals surface area contributed by atoms with Gasteiger partial charge >= 0.3 is 4.87 Å². The number of aromatic nitrogens is 1. The van der Waals surface area contributed by atoms with Crippen LogP contribution in [0.5, 0.6) is 11.5 Å². The Bertz CT molecular complexity index is 1760. The van der Waals surface area contributed by atoms with Crippen molar-refractivity contribution < 1.29 is 23.9 Å². The summed E-state index contributed by atoms with van der Waals surface area (Å²) in [7, 11) is 0. The first-order chi connectivity index (χ1) is 20.7. The number of nitrogens with one attached hydrogen (secondary N) is 2. The molecule has 4 aromatic rings. The van der Waals surface area contributed by atoms with E-state index in [2.05, 4.69) is 10.3 Å².